The molecule has 0 saturated heterocycles. The average molecular weight is 364 g/mol. The number of methoxy groups -OCH3 is 2. The highest BCUT2D eigenvalue weighted by molar-refractivity contribution is 7.90. The molecule has 0 aliphatic carbocycles. The molecule has 7 nitrogen and oxygen atoms in total. The summed E-state index contributed by atoms with van der Waals surface area (Å²) in [5.41, 5.74) is 1.38. The molecular formula is C17H20N2O5S. The van der Waals surface area contributed by atoms with E-state index in [1.807, 2.05) is 11.6 Å². The number of aryl methyl sites for hydroxylation is 1. The van der Waals surface area contributed by atoms with Gasteiger partial charge in [-0.05, 0) is 31.2 Å². The number of ether oxygens (including phenoxy) is 2. The zero-order valence-corrected chi connectivity index (χ0v) is 15.3. The van der Waals surface area contributed by atoms with Crippen molar-refractivity contribution in [2.24, 2.45) is 0 Å². The van der Waals surface area contributed by atoms with Gasteiger partial charge in [-0.3, -0.25) is 4.90 Å². The Morgan fingerprint density at radius 3 is 2.16 bits per heavy atom. The van der Waals surface area contributed by atoms with Gasteiger partial charge in [0.2, 0.25) is 0 Å². The molecule has 0 saturated carbocycles. The SMILES string of the molecule is COc1ccc(N(C)C(=O)NS(=O)(=O)c2ccc(C)cc2)cc1OC. The number of sulfonamides is 1. The first-order valence-electron chi connectivity index (χ1n) is 7.37. The Morgan fingerprint density at radius 2 is 1.60 bits per heavy atom. The number of hydrogen-bond donors (Lipinski definition) is 1. The first-order valence-corrected chi connectivity index (χ1v) is 8.86. The number of hydrogen-bond acceptors (Lipinski definition) is 5. The fraction of sp³-hybridized carbons (Fsp3) is 0.235. The largest absolute Gasteiger partial charge is 0.493 e. The van der Waals surface area contributed by atoms with Gasteiger partial charge in [-0.2, -0.15) is 0 Å². The van der Waals surface area contributed by atoms with E-state index in [2.05, 4.69) is 0 Å². The summed E-state index contributed by atoms with van der Waals surface area (Å²) in [5.74, 6) is 0.938. The Bertz CT molecular complexity index is 863. The van der Waals surface area contributed by atoms with Gasteiger partial charge in [-0.1, -0.05) is 17.7 Å². The van der Waals surface area contributed by atoms with Crippen LogP contribution in [0.25, 0.3) is 0 Å². The van der Waals surface area contributed by atoms with Crippen molar-refractivity contribution in [1.29, 1.82) is 0 Å². The zero-order chi connectivity index (χ0) is 18.6. The normalized spacial score (nSPS) is 10.9. The summed E-state index contributed by atoms with van der Waals surface area (Å²) in [4.78, 5) is 13.5. The van der Waals surface area contributed by atoms with Crippen molar-refractivity contribution in [2.75, 3.05) is 26.2 Å². The zero-order valence-electron chi connectivity index (χ0n) is 14.4. The highest BCUT2D eigenvalue weighted by Gasteiger charge is 2.21. The van der Waals surface area contributed by atoms with E-state index >= 15 is 0 Å². The molecule has 0 bridgehead atoms. The van der Waals surface area contributed by atoms with Gasteiger partial charge in [-0.15, -0.1) is 0 Å². The Hall–Kier alpha value is -2.74. The summed E-state index contributed by atoms with van der Waals surface area (Å²) < 4.78 is 37.0. The molecule has 0 spiro atoms. The summed E-state index contributed by atoms with van der Waals surface area (Å²) >= 11 is 0. The van der Waals surface area contributed by atoms with Crippen LogP contribution >= 0.6 is 0 Å². The minimum atomic E-state index is -3.95. The van der Waals surface area contributed by atoms with Crippen LogP contribution in [-0.4, -0.2) is 35.7 Å². The topological polar surface area (TPSA) is 84.9 Å². The van der Waals surface area contributed by atoms with E-state index in [-0.39, 0.29) is 4.90 Å². The van der Waals surface area contributed by atoms with Gasteiger partial charge in [0.15, 0.2) is 11.5 Å². The van der Waals surface area contributed by atoms with Crippen molar-refractivity contribution in [3.8, 4) is 11.5 Å². The van der Waals surface area contributed by atoms with Gasteiger partial charge < -0.3 is 9.47 Å². The van der Waals surface area contributed by atoms with E-state index in [4.69, 9.17) is 9.47 Å². The van der Waals surface area contributed by atoms with Crippen molar-refractivity contribution in [2.45, 2.75) is 11.8 Å². The van der Waals surface area contributed by atoms with E-state index in [9.17, 15) is 13.2 Å². The third-order valence-corrected chi connectivity index (χ3v) is 4.95. The van der Waals surface area contributed by atoms with Crippen molar-refractivity contribution < 1.29 is 22.7 Å². The fourth-order valence-electron chi connectivity index (χ4n) is 2.11. The fourth-order valence-corrected chi connectivity index (χ4v) is 3.09. The molecule has 0 aliphatic rings. The number of carbonyl (C=O) groups is 1. The monoisotopic (exact) mass is 364 g/mol. The summed E-state index contributed by atoms with van der Waals surface area (Å²) in [7, 11) is 0.482. The predicted molar refractivity (Wildman–Crippen MR) is 94.8 cm³/mol. The van der Waals surface area contributed by atoms with E-state index < -0.39 is 16.1 Å². The number of rotatable bonds is 5. The number of benzene rings is 2. The first kappa shape index (κ1) is 18.6. The first-order chi connectivity index (χ1) is 11.8. The summed E-state index contributed by atoms with van der Waals surface area (Å²) in [5, 5.41) is 0. The molecule has 25 heavy (non-hydrogen) atoms. The highest BCUT2D eigenvalue weighted by Crippen LogP contribution is 2.31. The van der Waals surface area contributed by atoms with E-state index in [1.54, 1.807) is 30.3 Å². The lowest BCUT2D eigenvalue weighted by Gasteiger charge is -2.19. The summed E-state index contributed by atoms with van der Waals surface area (Å²) in [6, 6.07) is 10.3. The van der Waals surface area contributed by atoms with Gasteiger partial charge in [-0.25, -0.2) is 17.9 Å². The van der Waals surface area contributed by atoms with Crippen LogP contribution in [0.4, 0.5) is 10.5 Å². The maximum absolute atomic E-state index is 12.3. The molecule has 0 radical (unpaired) electrons. The number of amides is 2. The number of anilines is 1. The van der Waals surface area contributed by atoms with Crippen LogP contribution < -0.4 is 19.1 Å². The quantitative estimate of drug-likeness (QED) is 0.881. The lowest BCUT2D eigenvalue weighted by atomic mass is 10.2. The van der Waals surface area contributed by atoms with E-state index in [1.165, 1.54) is 38.3 Å². The van der Waals surface area contributed by atoms with Crippen LogP contribution in [0.3, 0.4) is 0 Å². The Kier molecular flexibility index (Phi) is 5.53. The van der Waals surface area contributed by atoms with Crippen LogP contribution in [0.2, 0.25) is 0 Å². The standard InChI is InChI=1S/C17H20N2O5S/c1-12-5-8-14(9-6-12)25(21,22)18-17(20)19(2)13-7-10-15(23-3)16(11-13)24-4/h5-11H,1-4H3,(H,18,20). The van der Waals surface area contributed by atoms with Crippen LogP contribution in [0.1, 0.15) is 5.56 Å². The van der Waals surface area contributed by atoms with Crippen molar-refractivity contribution in [3.05, 3.63) is 48.0 Å². The molecule has 2 rings (SSSR count). The molecule has 0 fully saturated rings. The highest BCUT2D eigenvalue weighted by atomic mass is 32.2. The number of urea groups is 1. The van der Waals surface area contributed by atoms with Crippen LogP contribution in [0.5, 0.6) is 11.5 Å². The molecule has 0 atom stereocenters. The molecule has 2 aromatic carbocycles. The number of nitrogens with zero attached hydrogens (tertiary/aromatic N) is 1. The third-order valence-electron chi connectivity index (χ3n) is 3.61. The minimum absolute atomic E-state index is 0.0205. The molecule has 0 unspecified atom stereocenters. The molecule has 134 valence electrons. The second kappa shape index (κ2) is 7.43. The lowest BCUT2D eigenvalue weighted by Crippen LogP contribution is -2.40. The van der Waals surface area contributed by atoms with Crippen LogP contribution in [0, 0.1) is 6.92 Å². The maximum atomic E-state index is 12.3. The second-order valence-corrected chi connectivity index (χ2v) is 7.00. The second-order valence-electron chi connectivity index (χ2n) is 5.32. The molecular weight excluding hydrogens is 344 g/mol. The minimum Gasteiger partial charge on any atom is -0.493 e. The van der Waals surface area contributed by atoms with Crippen LogP contribution in [0.15, 0.2) is 47.4 Å². The van der Waals surface area contributed by atoms with Gasteiger partial charge in [0.05, 0.1) is 19.1 Å². The van der Waals surface area contributed by atoms with E-state index in [0.29, 0.717) is 17.2 Å². The van der Waals surface area contributed by atoms with Crippen molar-refractivity contribution >= 4 is 21.7 Å². The van der Waals surface area contributed by atoms with E-state index in [0.717, 1.165) is 5.56 Å². The number of carbonyl (C=O) groups excluding carboxylic acids is 1. The molecule has 0 heterocycles. The van der Waals surface area contributed by atoms with Crippen molar-refractivity contribution in [3.63, 3.8) is 0 Å². The van der Waals surface area contributed by atoms with Gasteiger partial charge >= 0.3 is 6.03 Å². The Morgan fingerprint density at radius 1 is 1.00 bits per heavy atom. The molecule has 0 aliphatic heterocycles. The maximum Gasteiger partial charge on any atom is 0.335 e. The molecule has 0 aromatic heterocycles. The van der Waals surface area contributed by atoms with Gasteiger partial charge in [0, 0.05) is 18.8 Å². The smallest absolute Gasteiger partial charge is 0.335 e. The summed E-state index contributed by atoms with van der Waals surface area (Å²) in [6.45, 7) is 1.85. The third kappa shape index (κ3) is 4.21. The molecule has 8 heteroatoms. The average Bonchev–Trinajstić information content (AvgIpc) is 2.60. The summed E-state index contributed by atoms with van der Waals surface area (Å²) in [6.07, 6.45) is 0. The Balaban J connectivity index is 2.21. The molecule has 2 amide bonds. The Labute approximate surface area is 147 Å². The molecule has 2 aromatic rings. The lowest BCUT2D eigenvalue weighted by molar-refractivity contribution is 0.252. The van der Waals surface area contributed by atoms with Crippen LogP contribution in [-0.2, 0) is 10.0 Å². The van der Waals surface area contributed by atoms with Gasteiger partial charge in [0.25, 0.3) is 10.0 Å². The van der Waals surface area contributed by atoms with Crippen molar-refractivity contribution in [1.82, 2.24) is 4.72 Å². The number of nitrogens with one attached hydrogen (secondary N) is 1. The predicted octanol–water partition coefficient (Wildman–Crippen LogP) is 2.55. The molecule has 1 N–H and O–H groups in total. The van der Waals surface area contributed by atoms with Gasteiger partial charge in [0.1, 0.15) is 0 Å².